The van der Waals surface area contributed by atoms with Gasteiger partial charge in [0.1, 0.15) is 0 Å². The maximum atomic E-state index is 12.7. The Hall–Kier alpha value is -1.46. The van der Waals surface area contributed by atoms with Gasteiger partial charge in [-0.25, -0.2) is 0 Å². The van der Waals surface area contributed by atoms with Crippen LogP contribution in [-0.2, 0) is 19.1 Å². The number of carbonyl (C=O) groups excluding carboxylic acids is 2. The number of rotatable bonds is 4. The molecule has 2 aliphatic heterocycles. The predicted molar refractivity (Wildman–Crippen MR) is 97.0 cm³/mol. The predicted octanol–water partition coefficient (Wildman–Crippen LogP) is 3.20. The molecule has 0 spiro atoms. The van der Waals surface area contributed by atoms with Gasteiger partial charge in [0.2, 0.25) is 0 Å². The lowest BCUT2D eigenvalue weighted by Gasteiger charge is -2.31. The first-order chi connectivity index (χ1) is 12.4. The third kappa shape index (κ3) is 2.51. The van der Waals surface area contributed by atoms with Gasteiger partial charge in [-0.1, -0.05) is 25.5 Å². The monoisotopic (exact) mass is 359 g/mol. The van der Waals surface area contributed by atoms with Crippen molar-refractivity contribution in [3.8, 4) is 0 Å². The third-order valence-corrected chi connectivity index (χ3v) is 6.71. The fourth-order valence-corrected chi connectivity index (χ4v) is 5.66. The van der Waals surface area contributed by atoms with E-state index in [0.717, 1.165) is 25.7 Å². The number of nitrogens with zero attached hydrogens (tertiary/aromatic N) is 1. The molecular weight excluding hydrogens is 330 g/mol. The van der Waals surface area contributed by atoms with Gasteiger partial charge in [-0.3, -0.25) is 14.5 Å². The summed E-state index contributed by atoms with van der Waals surface area (Å²) in [4.78, 5) is 26.8. The van der Waals surface area contributed by atoms with Crippen LogP contribution in [0, 0.1) is 17.8 Å². The summed E-state index contributed by atoms with van der Waals surface area (Å²) in [6.45, 7) is 8.32. The standard InChI is InChI=1S/C21H29NO4/c1-5-8-21(4)25-17-12-9-13(16(10-12)18(17)26-21)11-22-19(23)14(6-2)15(7-3)20(22)24/h6-7,12-13,16-18H,5,8-11H2,1-4H3/b14-6+,15-7+. The number of imide groups is 1. The lowest BCUT2D eigenvalue weighted by Crippen LogP contribution is -2.42. The van der Waals surface area contributed by atoms with Gasteiger partial charge in [0, 0.05) is 24.1 Å². The van der Waals surface area contributed by atoms with Gasteiger partial charge in [0.25, 0.3) is 11.8 Å². The van der Waals surface area contributed by atoms with Gasteiger partial charge in [0.15, 0.2) is 5.79 Å². The minimum Gasteiger partial charge on any atom is -0.344 e. The second-order valence-electron chi connectivity index (χ2n) is 8.33. The molecule has 5 nitrogen and oxygen atoms in total. The number of allylic oxidation sites excluding steroid dienone is 2. The molecule has 4 rings (SSSR count). The van der Waals surface area contributed by atoms with Crippen molar-refractivity contribution in [2.24, 2.45) is 17.8 Å². The highest BCUT2D eigenvalue weighted by molar-refractivity contribution is 6.24. The molecule has 142 valence electrons. The van der Waals surface area contributed by atoms with E-state index in [1.807, 2.05) is 20.8 Å². The van der Waals surface area contributed by atoms with Gasteiger partial charge in [0.05, 0.1) is 12.2 Å². The summed E-state index contributed by atoms with van der Waals surface area (Å²) in [5, 5.41) is 0. The summed E-state index contributed by atoms with van der Waals surface area (Å²) in [6, 6.07) is 0. The Morgan fingerprint density at radius 2 is 1.69 bits per heavy atom. The van der Waals surface area contributed by atoms with Crippen LogP contribution in [0.25, 0.3) is 0 Å². The van der Waals surface area contributed by atoms with Crippen molar-refractivity contribution < 1.29 is 19.1 Å². The summed E-state index contributed by atoms with van der Waals surface area (Å²) in [6.07, 6.45) is 7.84. The van der Waals surface area contributed by atoms with E-state index in [-0.39, 0.29) is 24.0 Å². The largest absolute Gasteiger partial charge is 0.344 e. The number of amides is 2. The molecule has 0 aromatic carbocycles. The van der Waals surface area contributed by atoms with Crippen LogP contribution in [0.5, 0.6) is 0 Å². The highest BCUT2D eigenvalue weighted by atomic mass is 16.8. The second-order valence-corrected chi connectivity index (χ2v) is 8.33. The molecule has 0 aromatic heterocycles. The maximum Gasteiger partial charge on any atom is 0.261 e. The Morgan fingerprint density at radius 1 is 1.08 bits per heavy atom. The molecular formula is C21H29NO4. The van der Waals surface area contributed by atoms with Crippen LogP contribution in [-0.4, -0.2) is 41.3 Å². The van der Waals surface area contributed by atoms with Crippen molar-refractivity contribution in [3.05, 3.63) is 23.3 Å². The molecule has 0 N–H and O–H groups in total. The van der Waals surface area contributed by atoms with Crippen molar-refractivity contribution in [2.45, 2.75) is 71.4 Å². The molecule has 2 aliphatic carbocycles. The number of likely N-dealkylation sites (tertiary alicyclic amines) is 1. The van der Waals surface area contributed by atoms with Gasteiger partial charge < -0.3 is 9.47 Å². The van der Waals surface area contributed by atoms with Crippen molar-refractivity contribution in [2.75, 3.05) is 6.54 Å². The smallest absolute Gasteiger partial charge is 0.261 e. The van der Waals surface area contributed by atoms with E-state index in [9.17, 15) is 9.59 Å². The molecule has 2 heterocycles. The fraction of sp³-hybridized carbons (Fsp3) is 0.714. The highest BCUT2D eigenvalue weighted by Crippen LogP contribution is 2.56. The number of hydrogen-bond acceptors (Lipinski definition) is 4. The van der Waals surface area contributed by atoms with E-state index in [1.54, 1.807) is 12.2 Å². The van der Waals surface area contributed by atoms with E-state index < -0.39 is 5.79 Å². The Morgan fingerprint density at radius 3 is 2.27 bits per heavy atom. The van der Waals surface area contributed by atoms with Crippen molar-refractivity contribution >= 4 is 11.8 Å². The van der Waals surface area contributed by atoms with Crippen LogP contribution in [0.2, 0.25) is 0 Å². The van der Waals surface area contributed by atoms with E-state index >= 15 is 0 Å². The first kappa shape index (κ1) is 17.9. The Kier molecular flexibility index (Phi) is 4.35. The van der Waals surface area contributed by atoms with Crippen molar-refractivity contribution in [1.29, 1.82) is 0 Å². The summed E-state index contributed by atoms with van der Waals surface area (Å²) in [5.74, 6) is 0.423. The van der Waals surface area contributed by atoms with Gasteiger partial charge in [-0.15, -0.1) is 0 Å². The zero-order valence-corrected chi connectivity index (χ0v) is 16.2. The number of carbonyl (C=O) groups is 2. The molecule has 0 radical (unpaired) electrons. The summed E-state index contributed by atoms with van der Waals surface area (Å²) in [5.41, 5.74) is 1.07. The normalized spacial score (nSPS) is 44.8. The maximum absolute atomic E-state index is 12.7. The summed E-state index contributed by atoms with van der Waals surface area (Å²) < 4.78 is 12.6. The molecule has 4 aliphatic rings. The second kappa shape index (κ2) is 6.31. The topological polar surface area (TPSA) is 55.8 Å². The molecule has 4 fully saturated rings. The zero-order chi connectivity index (χ0) is 18.6. The molecule has 2 bridgehead atoms. The van der Waals surface area contributed by atoms with Crippen LogP contribution >= 0.6 is 0 Å². The van der Waals surface area contributed by atoms with E-state index in [4.69, 9.17) is 9.47 Å². The summed E-state index contributed by atoms with van der Waals surface area (Å²) >= 11 is 0. The number of hydrogen-bond donors (Lipinski definition) is 0. The Balaban J connectivity index is 1.49. The minimum atomic E-state index is -0.467. The van der Waals surface area contributed by atoms with Crippen LogP contribution in [0.4, 0.5) is 0 Å². The van der Waals surface area contributed by atoms with Crippen LogP contribution in [0.1, 0.15) is 53.4 Å². The first-order valence-electron chi connectivity index (χ1n) is 9.97. The van der Waals surface area contributed by atoms with E-state index in [2.05, 4.69) is 6.92 Å². The quantitative estimate of drug-likeness (QED) is 0.571. The third-order valence-electron chi connectivity index (χ3n) is 6.71. The minimum absolute atomic E-state index is 0.116. The van der Waals surface area contributed by atoms with E-state index in [1.165, 1.54) is 4.90 Å². The Bertz CT molecular complexity index is 666. The number of ether oxygens (including phenoxy) is 2. The molecule has 2 saturated heterocycles. The van der Waals surface area contributed by atoms with Gasteiger partial charge in [-0.2, -0.15) is 0 Å². The van der Waals surface area contributed by atoms with Crippen molar-refractivity contribution in [1.82, 2.24) is 4.90 Å². The highest BCUT2D eigenvalue weighted by Gasteiger charge is 2.61. The molecule has 2 amide bonds. The molecule has 6 atom stereocenters. The molecule has 0 aromatic rings. The lowest BCUT2D eigenvalue weighted by atomic mass is 9.85. The molecule has 6 unspecified atom stereocenters. The van der Waals surface area contributed by atoms with Crippen LogP contribution < -0.4 is 0 Å². The number of fused-ring (bicyclic) bond motifs is 5. The average Bonchev–Trinajstić information content (AvgIpc) is 3.29. The SMILES string of the molecule is C/C=C1/C(=O)N(CC2CC3CC2C2OC(C)(CCC)OC32)C(=O)/C1=C/C. The van der Waals surface area contributed by atoms with E-state index in [0.29, 0.717) is 35.4 Å². The van der Waals surface area contributed by atoms with Crippen molar-refractivity contribution in [3.63, 3.8) is 0 Å². The Labute approximate surface area is 155 Å². The van der Waals surface area contributed by atoms with Gasteiger partial charge >= 0.3 is 0 Å². The zero-order valence-electron chi connectivity index (χ0n) is 16.2. The van der Waals surface area contributed by atoms with Crippen LogP contribution in [0.15, 0.2) is 23.3 Å². The van der Waals surface area contributed by atoms with Crippen LogP contribution in [0.3, 0.4) is 0 Å². The average molecular weight is 359 g/mol. The first-order valence-corrected chi connectivity index (χ1v) is 9.97. The molecule has 26 heavy (non-hydrogen) atoms. The van der Waals surface area contributed by atoms with Gasteiger partial charge in [-0.05, 0) is 51.4 Å². The molecule has 2 saturated carbocycles. The summed E-state index contributed by atoms with van der Waals surface area (Å²) in [7, 11) is 0. The fourth-order valence-electron chi connectivity index (χ4n) is 5.66. The lowest BCUT2D eigenvalue weighted by molar-refractivity contribution is -0.176. The molecule has 5 heteroatoms.